The second kappa shape index (κ2) is 9.69. The minimum atomic E-state index is -0.0380. The Morgan fingerprint density at radius 2 is 1.79 bits per heavy atom. The van der Waals surface area contributed by atoms with Crippen molar-refractivity contribution in [3.63, 3.8) is 0 Å². The molecule has 0 radical (unpaired) electrons. The average molecular weight is 459 g/mol. The normalized spacial score (nSPS) is 16.0. The molecule has 2 aliphatic rings. The summed E-state index contributed by atoms with van der Waals surface area (Å²) in [5.41, 5.74) is 11.7. The number of nitrogens with two attached hydrogens (primary N) is 1. The van der Waals surface area contributed by atoms with E-state index in [2.05, 4.69) is 34.3 Å². The third kappa shape index (κ3) is 4.82. The van der Waals surface area contributed by atoms with E-state index in [9.17, 15) is 4.79 Å². The first-order valence-electron chi connectivity index (χ1n) is 11.8. The van der Waals surface area contributed by atoms with E-state index >= 15 is 0 Å². The lowest BCUT2D eigenvalue weighted by Crippen LogP contribution is -2.36. The van der Waals surface area contributed by atoms with Gasteiger partial charge in [0.25, 0.3) is 0 Å². The van der Waals surface area contributed by atoms with Gasteiger partial charge in [-0.3, -0.25) is 0 Å². The molecule has 4 heterocycles. The zero-order valence-corrected chi connectivity index (χ0v) is 19.5. The fourth-order valence-corrected chi connectivity index (χ4v) is 4.52. The zero-order chi connectivity index (χ0) is 23.5. The van der Waals surface area contributed by atoms with Crippen molar-refractivity contribution >= 4 is 23.4 Å². The highest BCUT2D eigenvalue weighted by atomic mass is 16.5. The predicted molar refractivity (Wildman–Crippen MR) is 135 cm³/mol. The van der Waals surface area contributed by atoms with Gasteiger partial charge in [-0.25, -0.2) is 14.8 Å². The molecule has 5 rings (SSSR count). The predicted octanol–water partition coefficient (Wildman–Crippen LogP) is 4.17. The van der Waals surface area contributed by atoms with E-state index in [1.807, 2.05) is 35.2 Å². The molecule has 3 N–H and O–H groups in total. The SMILES string of the molecule is Cc1ccc(NC(=O)N2CCCC2)cc1-c1cc(-c2ccnc(N)c2)nc(N2CCOCC2)c1. The number of pyridine rings is 2. The van der Waals surface area contributed by atoms with Gasteiger partial charge in [-0.15, -0.1) is 0 Å². The molecule has 0 bridgehead atoms. The van der Waals surface area contributed by atoms with Crippen molar-refractivity contribution in [3.05, 3.63) is 54.2 Å². The number of ether oxygens (including phenoxy) is 1. The summed E-state index contributed by atoms with van der Waals surface area (Å²) in [5.74, 6) is 1.36. The van der Waals surface area contributed by atoms with Gasteiger partial charge in [-0.1, -0.05) is 6.07 Å². The largest absolute Gasteiger partial charge is 0.384 e. The molecule has 8 heteroatoms. The second-order valence-electron chi connectivity index (χ2n) is 8.82. The molecular weight excluding hydrogens is 428 g/mol. The summed E-state index contributed by atoms with van der Waals surface area (Å²) in [7, 11) is 0. The number of aromatic nitrogens is 2. The number of aryl methyl sites for hydroxylation is 1. The molecule has 0 saturated carbocycles. The Hall–Kier alpha value is -3.65. The Kier molecular flexibility index (Phi) is 6.31. The lowest BCUT2D eigenvalue weighted by Gasteiger charge is -2.28. The smallest absolute Gasteiger partial charge is 0.321 e. The van der Waals surface area contributed by atoms with E-state index in [1.54, 1.807) is 6.20 Å². The van der Waals surface area contributed by atoms with Crippen LogP contribution in [-0.2, 0) is 4.74 Å². The minimum absolute atomic E-state index is 0.0380. The monoisotopic (exact) mass is 458 g/mol. The second-order valence-corrected chi connectivity index (χ2v) is 8.82. The number of carbonyl (C=O) groups is 1. The van der Waals surface area contributed by atoms with Gasteiger partial charge in [0.2, 0.25) is 0 Å². The van der Waals surface area contributed by atoms with Crippen molar-refractivity contribution in [1.82, 2.24) is 14.9 Å². The van der Waals surface area contributed by atoms with Crippen molar-refractivity contribution in [2.24, 2.45) is 0 Å². The standard InChI is InChI=1S/C26H30N6O2/c1-18-4-5-21(29-26(33)32-8-2-3-9-32)17-22(18)20-14-23(19-6-7-28-24(27)15-19)30-25(16-20)31-10-12-34-13-11-31/h4-7,14-17H,2-3,8-13H2,1H3,(H2,27,28)(H,29,33). The molecule has 0 aliphatic carbocycles. The molecule has 2 fully saturated rings. The minimum Gasteiger partial charge on any atom is -0.384 e. The molecule has 2 aliphatic heterocycles. The van der Waals surface area contributed by atoms with E-state index in [-0.39, 0.29) is 6.03 Å². The molecule has 2 saturated heterocycles. The molecule has 2 amide bonds. The van der Waals surface area contributed by atoms with Gasteiger partial charge in [0.1, 0.15) is 11.6 Å². The highest BCUT2D eigenvalue weighted by Crippen LogP contribution is 2.33. The number of nitrogen functional groups attached to an aromatic ring is 1. The van der Waals surface area contributed by atoms with Crippen LogP contribution in [0.1, 0.15) is 18.4 Å². The fraction of sp³-hybridized carbons (Fsp3) is 0.346. The number of hydrogen-bond acceptors (Lipinski definition) is 6. The third-order valence-corrected chi connectivity index (χ3v) is 6.42. The van der Waals surface area contributed by atoms with Gasteiger partial charge in [0, 0.05) is 43.6 Å². The van der Waals surface area contributed by atoms with E-state index in [4.69, 9.17) is 15.5 Å². The number of morpholine rings is 1. The summed E-state index contributed by atoms with van der Waals surface area (Å²) >= 11 is 0. The number of nitrogens with zero attached hydrogens (tertiary/aromatic N) is 4. The number of amides is 2. The highest BCUT2D eigenvalue weighted by molar-refractivity contribution is 5.91. The van der Waals surface area contributed by atoms with Crippen LogP contribution in [0.25, 0.3) is 22.4 Å². The number of benzene rings is 1. The van der Waals surface area contributed by atoms with Crippen molar-refractivity contribution in [2.75, 3.05) is 55.3 Å². The average Bonchev–Trinajstić information content (AvgIpc) is 3.41. The van der Waals surface area contributed by atoms with Gasteiger partial charge in [-0.05, 0) is 72.9 Å². The number of rotatable bonds is 4. The van der Waals surface area contributed by atoms with Crippen molar-refractivity contribution < 1.29 is 9.53 Å². The van der Waals surface area contributed by atoms with Crippen LogP contribution in [0.5, 0.6) is 0 Å². The quantitative estimate of drug-likeness (QED) is 0.609. The lowest BCUT2D eigenvalue weighted by molar-refractivity contribution is 0.122. The van der Waals surface area contributed by atoms with Crippen LogP contribution in [0.2, 0.25) is 0 Å². The van der Waals surface area contributed by atoms with Crippen molar-refractivity contribution in [2.45, 2.75) is 19.8 Å². The van der Waals surface area contributed by atoms with Crippen molar-refractivity contribution in [1.29, 1.82) is 0 Å². The number of nitrogens with one attached hydrogen (secondary N) is 1. The Labute approximate surface area is 199 Å². The highest BCUT2D eigenvalue weighted by Gasteiger charge is 2.19. The van der Waals surface area contributed by atoms with Gasteiger partial charge in [-0.2, -0.15) is 0 Å². The van der Waals surface area contributed by atoms with Gasteiger partial charge in [0.05, 0.1) is 18.9 Å². The lowest BCUT2D eigenvalue weighted by atomic mass is 9.98. The van der Waals surface area contributed by atoms with E-state index in [0.29, 0.717) is 19.0 Å². The third-order valence-electron chi connectivity index (χ3n) is 6.42. The number of likely N-dealkylation sites (tertiary alicyclic amines) is 1. The van der Waals surface area contributed by atoms with Crippen LogP contribution < -0.4 is 16.0 Å². The molecule has 0 unspecified atom stereocenters. The van der Waals surface area contributed by atoms with Gasteiger partial charge < -0.3 is 25.6 Å². The maximum Gasteiger partial charge on any atom is 0.321 e. The summed E-state index contributed by atoms with van der Waals surface area (Å²) in [4.78, 5) is 25.8. The summed E-state index contributed by atoms with van der Waals surface area (Å²) in [6.45, 7) is 6.66. The van der Waals surface area contributed by atoms with Gasteiger partial charge in [0.15, 0.2) is 0 Å². The van der Waals surface area contributed by atoms with E-state index in [0.717, 1.165) is 78.5 Å². The number of hydrogen-bond donors (Lipinski definition) is 2. The first-order valence-corrected chi connectivity index (χ1v) is 11.8. The molecular formula is C26H30N6O2. The summed E-state index contributed by atoms with van der Waals surface area (Å²) in [6.07, 6.45) is 3.83. The first-order chi connectivity index (χ1) is 16.6. The topological polar surface area (TPSA) is 96.6 Å². The maximum atomic E-state index is 12.6. The Morgan fingerprint density at radius 1 is 1.00 bits per heavy atom. The van der Waals surface area contributed by atoms with Crippen molar-refractivity contribution in [3.8, 4) is 22.4 Å². The van der Waals surface area contributed by atoms with Crippen LogP contribution >= 0.6 is 0 Å². The van der Waals surface area contributed by atoms with Crippen LogP contribution in [0, 0.1) is 6.92 Å². The Morgan fingerprint density at radius 3 is 2.56 bits per heavy atom. The number of carbonyl (C=O) groups excluding carboxylic acids is 1. The molecule has 34 heavy (non-hydrogen) atoms. The molecule has 2 aromatic heterocycles. The Balaban J connectivity index is 1.54. The molecule has 0 spiro atoms. The van der Waals surface area contributed by atoms with Crippen LogP contribution in [-0.4, -0.2) is 60.3 Å². The molecule has 1 aromatic carbocycles. The first kappa shape index (κ1) is 22.2. The maximum absolute atomic E-state index is 12.6. The summed E-state index contributed by atoms with van der Waals surface area (Å²) in [6, 6.07) is 14.0. The summed E-state index contributed by atoms with van der Waals surface area (Å²) in [5, 5.41) is 3.07. The molecule has 176 valence electrons. The van der Waals surface area contributed by atoms with E-state index in [1.165, 1.54) is 0 Å². The number of anilines is 3. The molecule has 0 atom stereocenters. The molecule has 3 aromatic rings. The van der Waals surface area contributed by atoms with Gasteiger partial charge >= 0.3 is 6.03 Å². The van der Waals surface area contributed by atoms with Crippen LogP contribution in [0.4, 0.5) is 22.1 Å². The summed E-state index contributed by atoms with van der Waals surface area (Å²) < 4.78 is 5.54. The van der Waals surface area contributed by atoms with Crippen LogP contribution in [0.3, 0.4) is 0 Å². The van der Waals surface area contributed by atoms with Crippen LogP contribution in [0.15, 0.2) is 48.7 Å². The number of urea groups is 1. The van der Waals surface area contributed by atoms with E-state index < -0.39 is 0 Å². The fourth-order valence-electron chi connectivity index (χ4n) is 4.52. The molecule has 8 nitrogen and oxygen atoms in total. The zero-order valence-electron chi connectivity index (χ0n) is 19.5. The Bertz CT molecular complexity index is 1190.